The van der Waals surface area contributed by atoms with E-state index in [0.717, 1.165) is 23.3 Å². The lowest BCUT2D eigenvalue weighted by Gasteiger charge is -2.17. The highest BCUT2D eigenvalue weighted by molar-refractivity contribution is 5.83. The van der Waals surface area contributed by atoms with E-state index in [1.807, 2.05) is 45.0 Å². The van der Waals surface area contributed by atoms with Gasteiger partial charge in [-0.25, -0.2) is 0 Å². The molecular weight excluding hydrogens is 284 g/mol. The van der Waals surface area contributed by atoms with Crippen LogP contribution in [0, 0.1) is 12.3 Å². The Bertz CT molecular complexity index is 648. The van der Waals surface area contributed by atoms with E-state index in [0.29, 0.717) is 13.0 Å². The quantitative estimate of drug-likeness (QED) is 0.740. The van der Waals surface area contributed by atoms with E-state index in [-0.39, 0.29) is 11.2 Å². The molecule has 0 aliphatic heterocycles. The molecule has 2 aromatic rings. The highest BCUT2D eigenvalue weighted by Gasteiger charge is 2.20. The van der Waals surface area contributed by atoms with Crippen molar-refractivity contribution in [3.05, 3.63) is 65.2 Å². The number of rotatable bonds is 6. The topological polar surface area (TPSA) is 26.3 Å². The SMILES string of the molecule is Cc1ccc(COc2ccccc2CCC(=O)C(C)(C)C)cc1. The first-order chi connectivity index (χ1) is 10.9. The summed E-state index contributed by atoms with van der Waals surface area (Å²) in [6.07, 6.45) is 1.27. The van der Waals surface area contributed by atoms with E-state index >= 15 is 0 Å². The average Bonchev–Trinajstić information content (AvgIpc) is 2.52. The molecule has 0 saturated heterocycles. The molecule has 0 aliphatic rings. The first-order valence-electron chi connectivity index (χ1n) is 8.16. The van der Waals surface area contributed by atoms with E-state index < -0.39 is 0 Å². The molecule has 0 atom stereocenters. The van der Waals surface area contributed by atoms with Crippen LogP contribution in [0.1, 0.15) is 43.9 Å². The van der Waals surface area contributed by atoms with Crippen LogP contribution in [-0.4, -0.2) is 5.78 Å². The molecule has 0 bridgehead atoms. The highest BCUT2D eigenvalue weighted by atomic mass is 16.5. The Morgan fingerprint density at radius 3 is 2.30 bits per heavy atom. The lowest BCUT2D eigenvalue weighted by Crippen LogP contribution is -2.20. The molecule has 0 fully saturated rings. The summed E-state index contributed by atoms with van der Waals surface area (Å²) in [6, 6.07) is 16.3. The van der Waals surface area contributed by atoms with Crippen molar-refractivity contribution in [2.75, 3.05) is 0 Å². The van der Waals surface area contributed by atoms with Crippen LogP contribution in [-0.2, 0) is 17.8 Å². The van der Waals surface area contributed by atoms with Crippen LogP contribution in [0.5, 0.6) is 5.75 Å². The predicted molar refractivity (Wildman–Crippen MR) is 94.7 cm³/mol. The van der Waals surface area contributed by atoms with Gasteiger partial charge in [-0.15, -0.1) is 0 Å². The molecule has 0 saturated carbocycles. The van der Waals surface area contributed by atoms with Crippen molar-refractivity contribution in [2.24, 2.45) is 5.41 Å². The van der Waals surface area contributed by atoms with E-state index in [9.17, 15) is 4.79 Å². The number of benzene rings is 2. The predicted octanol–water partition coefficient (Wildman–Crippen LogP) is 5.12. The van der Waals surface area contributed by atoms with Gasteiger partial charge in [-0.1, -0.05) is 68.8 Å². The average molecular weight is 310 g/mol. The third kappa shape index (κ3) is 5.24. The molecule has 23 heavy (non-hydrogen) atoms. The third-order valence-corrected chi connectivity index (χ3v) is 3.95. The van der Waals surface area contributed by atoms with Crippen LogP contribution < -0.4 is 4.74 Å². The van der Waals surface area contributed by atoms with Crippen molar-refractivity contribution < 1.29 is 9.53 Å². The molecule has 0 radical (unpaired) electrons. The Kier molecular flexibility index (Phi) is 5.59. The van der Waals surface area contributed by atoms with Crippen molar-refractivity contribution in [3.8, 4) is 5.75 Å². The maximum atomic E-state index is 12.1. The van der Waals surface area contributed by atoms with Gasteiger partial charge in [0.2, 0.25) is 0 Å². The molecule has 0 aliphatic carbocycles. The van der Waals surface area contributed by atoms with Gasteiger partial charge >= 0.3 is 0 Å². The normalized spacial score (nSPS) is 11.3. The Morgan fingerprint density at radius 2 is 1.65 bits per heavy atom. The smallest absolute Gasteiger partial charge is 0.138 e. The van der Waals surface area contributed by atoms with Crippen molar-refractivity contribution in [1.29, 1.82) is 0 Å². The number of hydrogen-bond acceptors (Lipinski definition) is 2. The molecule has 2 aromatic carbocycles. The van der Waals surface area contributed by atoms with E-state index in [4.69, 9.17) is 4.74 Å². The highest BCUT2D eigenvalue weighted by Crippen LogP contribution is 2.24. The largest absolute Gasteiger partial charge is 0.489 e. The molecule has 0 N–H and O–H groups in total. The zero-order chi connectivity index (χ0) is 16.9. The molecule has 0 aromatic heterocycles. The lowest BCUT2D eigenvalue weighted by molar-refractivity contribution is -0.126. The Hall–Kier alpha value is -2.09. The van der Waals surface area contributed by atoms with Gasteiger partial charge in [0.15, 0.2) is 0 Å². The van der Waals surface area contributed by atoms with Crippen LogP contribution in [0.2, 0.25) is 0 Å². The Morgan fingerprint density at radius 1 is 1.00 bits per heavy atom. The second-order valence-electron chi connectivity index (χ2n) is 7.06. The number of hydrogen-bond donors (Lipinski definition) is 0. The summed E-state index contributed by atoms with van der Waals surface area (Å²) in [5.74, 6) is 1.15. The summed E-state index contributed by atoms with van der Waals surface area (Å²) in [7, 11) is 0. The zero-order valence-electron chi connectivity index (χ0n) is 14.6. The van der Waals surface area contributed by atoms with Gasteiger partial charge in [-0.2, -0.15) is 0 Å². The summed E-state index contributed by atoms with van der Waals surface area (Å²) >= 11 is 0. The molecule has 0 heterocycles. The second-order valence-corrected chi connectivity index (χ2v) is 7.06. The summed E-state index contributed by atoms with van der Waals surface area (Å²) in [4.78, 5) is 12.1. The second kappa shape index (κ2) is 7.45. The van der Waals surface area contributed by atoms with Gasteiger partial charge in [0.05, 0.1) is 0 Å². The van der Waals surface area contributed by atoms with Crippen LogP contribution >= 0.6 is 0 Å². The summed E-state index contributed by atoms with van der Waals surface area (Å²) in [5.41, 5.74) is 3.21. The van der Waals surface area contributed by atoms with E-state index in [1.165, 1.54) is 5.56 Å². The van der Waals surface area contributed by atoms with Gasteiger partial charge in [-0.3, -0.25) is 4.79 Å². The fraction of sp³-hybridized carbons (Fsp3) is 0.381. The molecule has 0 amide bonds. The van der Waals surface area contributed by atoms with Crippen molar-refractivity contribution >= 4 is 5.78 Å². The van der Waals surface area contributed by atoms with Gasteiger partial charge in [0.1, 0.15) is 18.1 Å². The van der Waals surface area contributed by atoms with Crippen molar-refractivity contribution in [1.82, 2.24) is 0 Å². The minimum Gasteiger partial charge on any atom is -0.489 e. The molecule has 0 unspecified atom stereocenters. The standard InChI is InChI=1S/C21H26O2/c1-16-9-11-17(12-10-16)15-23-19-8-6-5-7-18(19)13-14-20(22)21(2,3)4/h5-12H,13-15H2,1-4H3. The van der Waals surface area contributed by atoms with E-state index in [2.05, 4.69) is 31.2 Å². The maximum absolute atomic E-state index is 12.1. The van der Waals surface area contributed by atoms with Gasteiger partial charge in [0.25, 0.3) is 0 Å². The Labute approximate surface area is 139 Å². The van der Waals surface area contributed by atoms with Crippen LogP contribution in [0.4, 0.5) is 0 Å². The molecular formula is C21H26O2. The minimum absolute atomic E-state index is 0.280. The summed E-state index contributed by atoms with van der Waals surface area (Å²) < 4.78 is 5.97. The Balaban J connectivity index is 2.00. The van der Waals surface area contributed by atoms with Gasteiger partial charge in [0, 0.05) is 11.8 Å². The monoisotopic (exact) mass is 310 g/mol. The van der Waals surface area contributed by atoms with Crippen LogP contribution in [0.25, 0.3) is 0 Å². The molecule has 2 nitrogen and oxygen atoms in total. The molecule has 2 heteroatoms. The van der Waals surface area contributed by atoms with Gasteiger partial charge in [-0.05, 0) is 30.5 Å². The lowest BCUT2D eigenvalue weighted by atomic mass is 9.87. The van der Waals surface area contributed by atoms with Crippen LogP contribution in [0.15, 0.2) is 48.5 Å². The number of para-hydroxylation sites is 1. The summed E-state index contributed by atoms with van der Waals surface area (Å²) in [6.45, 7) is 8.52. The van der Waals surface area contributed by atoms with Gasteiger partial charge < -0.3 is 4.74 Å². The first-order valence-corrected chi connectivity index (χ1v) is 8.16. The van der Waals surface area contributed by atoms with Crippen molar-refractivity contribution in [3.63, 3.8) is 0 Å². The molecule has 122 valence electrons. The zero-order valence-corrected chi connectivity index (χ0v) is 14.6. The third-order valence-electron chi connectivity index (χ3n) is 3.95. The number of carbonyl (C=O) groups excluding carboxylic acids is 1. The molecule has 2 rings (SSSR count). The van der Waals surface area contributed by atoms with Crippen LogP contribution in [0.3, 0.4) is 0 Å². The fourth-order valence-corrected chi connectivity index (χ4v) is 2.32. The van der Waals surface area contributed by atoms with Crippen molar-refractivity contribution in [2.45, 2.75) is 47.1 Å². The maximum Gasteiger partial charge on any atom is 0.138 e. The fourth-order valence-electron chi connectivity index (χ4n) is 2.32. The molecule has 0 spiro atoms. The number of carbonyl (C=O) groups is 1. The number of ether oxygens (including phenoxy) is 1. The minimum atomic E-state index is -0.280. The first kappa shape index (κ1) is 17.3. The summed E-state index contributed by atoms with van der Waals surface area (Å²) in [5, 5.41) is 0. The number of ketones is 1. The number of Topliss-reactive ketones (excluding diaryl/α,β-unsaturated/α-hetero) is 1. The van der Waals surface area contributed by atoms with E-state index in [1.54, 1.807) is 0 Å². The number of aryl methyl sites for hydroxylation is 2.